The van der Waals surface area contributed by atoms with Gasteiger partial charge in [0.15, 0.2) is 0 Å². The molecule has 1 aromatic heterocycles. The van der Waals surface area contributed by atoms with E-state index >= 15 is 0 Å². The minimum atomic E-state index is 0.217. The zero-order valence-electron chi connectivity index (χ0n) is 23.6. The lowest BCUT2D eigenvalue weighted by atomic mass is 9.33. The molecule has 2 nitrogen and oxygen atoms in total. The van der Waals surface area contributed by atoms with Crippen molar-refractivity contribution >= 4 is 62.0 Å². The van der Waals surface area contributed by atoms with Gasteiger partial charge in [0.25, 0.3) is 6.71 Å². The molecule has 3 heteroatoms. The van der Waals surface area contributed by atoms with Crippen LogP contribution in [-0.4, -0.2) is 11.3 Å². The lowest BCUT2D eigenvalue weighted by Crippen LogP contribution is -2.60. The highest BCUT2D eigenvalue weighted by Gasteiger charge is 2.57. The molecule has 200 valence electrons. The Bertz CT molecular complexity index is 2100. The summed E-state index contributed by atoms with van der Waals surface area (Å²) >= 11 is 0. The molecule has 6 aromatic rings. The fourth-order valence-electron chi connectivity index (χ4n) is 10.7. The van der Waals surface area contributed by atoms with Crippen LogP contribution >= 0.6 is 0 Å². The summed E-state index contributed by atoms with van der Waals surface area (Å²) in [5, 5.41) is 2.74. The number of para-hydroxylation sites is 4. The first kappa shape index (κ1) is 22.4. The van der Waals surface area contributed by atoms with Crippen molar-refractivity contribution in [1.29, 1.82) is 0 Å². The quantitative estimate of drug-likeness (QED) is 0.207. The predicted octanol–water partition coefficient (Wildman–Crippen LogP) is 7.47. The van der Waals surface area contributed by atoms with Gasteiger partial charge in [0.1, 0.15) is 0 Å². The fraction of sp³-hybridized carbons (Fsp3) is 0.231. The average Bonchev–Trinajstić information content (AvgIpc) is 3.62. The summed E-state index contributed by atoms with van der Waals surface area (Å²) in [6.07, 6.45) is 7.10. The van der Waals surface area contributed by atoms with Crippen LogP contribution in [0.1, 0.15) is 37.7 Å². The number of nitrogens with zero attached hydrogens (tertiary/aromatic N) is 2. The SMILES string of the molecule is c1ccc(N2c3ccccc3B3c4c2cc(C25CC6CC(C2)C(C6)C5)cc4-n2c4ccccc4c4cccc3c42)cc1. The Labute approximate surface area is 246 Å². The first-order valence-electron chi connectivity index (χ1n) is 15.9. The summed E-state index contributed by atoms with van der Waals surface area (Å²) in [5.41, 5.74) is 14.3. The minimum Gasteiger partial charge on any atom is -0.311 e. The van der Waals surface area contributed by atoms with Crippen LogP contribution in [0.5, 0.6) is 0 Å². The van der Waals surface area contributed by atoms with E-state index in [9.17, 15) is 0 Å². The number of anilines is 3. The van der Waals surface area contributed by atoms with Gasteiger partial charge in [-0.2, -0.15) is 0 Å². The van der Waals surface area contributed by atoms with E-state index in [-0.39, 0.29) is 6.71 Å². The van der Waals surface area contributed by atoms with Crippen molar-refractivity contribution in [2.45, 2.75) is 37.5 Å². The summed E-state index contributed by atoms with van der Waals surface area (Å²) < 4.78 is 2.64. The zero-order chi connectivity index (χ0) is 27.2. The largest absolute Gasteiger partial charge is 0.311 e. The second-order valence-corrected chi connectivity index (χ2v) is 13.9. The average molecular weight is 539 g/mol. The normalized spacial score (nSPS) is 25.9. The smallest absolute Gasteiger partial charge is 0.252 e. The van der Waals surface area contributed by atoms with Crippen LogP contribution in [0.4, 0.5) is 17.1 Å². The maximum atomic E-state index is 2.66. The Morgan fingerprint density at radius 2 is 1.33 bits per heavy atom. The van der Waals surface area contributed by atoms with E-state index in [2.05, 4.69) is 119 Å². The molecule has 2 unspecified atom stereocenters. The van der Waals surface area contributed by atoms with E-state index in [1.807, 2.05) is 0 Å². The highest BCUT2D eigenvalue weighted by atomic mass is 15.2. The summed E-state index contributed by atoms with van der Waals surface area (Å²) in [7, 11) is 0. The molecule has 4 fully saturated rings. The molecule has 0 radical (unpaired) electrons. The van der Waals surface area contributed by atoms with Gasteiger partial charge >= 0.3 is 0 Å². The number of aromatic nitrogens is 1. The molecule has 42 heavy (non-hydrogen) atoms. The molecule has 4 saturated carbocycles. The highest BCUT2D eigenvalue weighted by Crippen LogP contribution is 2.65. The highest BCUT2D eigenvalue weighted by molar-refractivity contribution is 7.00. The Kier molecular flexibility index (Phi) is 4.04. The van der Waals surface area contributed by atoms with Crippen molar-refractivity contribution in [3.05, 3.63) is 115 Å². The van der Waals surface area contributed by atoms with Crippen LogP contribution < -0.4 is 21.3 Å². The summed E-state index contributed by atoms with van der Waals surface area (Å²) in [6, 6.07) is 41.7. The first-order valence-corrected chi connectivity index (χ1v) is 15.9. The van der Waals surface area contributed by atoms with Gasteiger partial charge in [-0.15, -0.1) is 0 Å². The molecule has 12 rings (SSSR count). The third kappa shape index (κ3) is 2.61. The van der Waals surface area contributed by atoms with Gasteiger partial charge in [0, 0.05) is 39.0 Å². The Morgan fingerprint density at radius 3 is 2.19 bits per heavy atom. The van der Waals surface area contributed by atoms with Crippen molar-refractivity contribution in [2.75, 3.05) is 4.90 Å². The van der Waals surface area contributed by atoms with Gasteiger partial charge in [0.05, 0.1) is 5.52 Å². The van der Waals surface area contributed by atoms with Crippen molar-refractivity contribution in [3.63, 3.8) is 0 Å². The lowest BCUT2D eigenvalue weighted by Gasteiger charge is -2.44. The molecule has 4 aliphatic carbocycles. The van der Waals surface area contributed by atoms with Crippen LogP contribution in [0, 0.1) is 17.8 Å². The molecule has 5 aromatic carbocycles. The molecule has 0 spiro atoms. The van der Waals surface area contributed by atoms with Crippen LogP contribution in [0.2, 0.25) is 0 Å². The van der Waals surface area contributed by atoms with Gasteiger partial charge < -0.3 is 9.47 Å². The van der Waals surface area contributed by atoms with Crippen molar-refractivity contribution in [3.8, 4) is 5.69 Å². The van der Waals surface area contributed by atoms with Gasteiger partial charge in [-0.25, -0.2) is 0 Å². The van der Waals surface area contributed by atoms with Crippen molar-refractivity contribution in [1.82, 2.24) is 4.57 Å². The Hall–Kier alpha value is -4.24. The van der Waals surface area contributed by atoms with E-state index in [1.165, 1.54) is 93.0 Å². The molecule has 3 heterocycles. The van der Waals surface area contributed by atoms with Crippen molar-refractivity contribution in [2.24, 2.45) is 17.8 Å². The zero-order valence-corrected chi connectivity index (χ0v) is 23.6. The molecule has 4 bridgehead atoms. The number of fused-ring (bicyclic) bond motifs is 7. The topological polar surface area (TPSA) is 8.17 Å². The maximum Gasteiger partial charge on any atom is 0.252 e. The Balaban J connectivity index is 1.30. The lowest BCUT2D eigenvalue weighted by molar-refractivity contribution is 0.229. The number of hydrogen-bond donors (Lipinski definition) is 0. The first-order chi connectivity index (χ1) is 20.8. The maximum absolute atomic E-state index is 2.66. The molecule has 0 saturated heterocycles. The van der Waals surface area contributed by atoms with E-state index in [1.54, 1.807) is 5.56 Å². The standard InChI is InChI=1S/C39H31BN2/c1-2-9-28(10-3-1)41-34-16-7-5-13-31(34)40-32-14-8-12-30-29-11-4-6-15-33(29)42(38(30)32)36-20-27(19-35(41)37(36)40)39-21-24-17-25(22-39)26(18-24)23-39/h1-16,19-20,24-26H,17-18,21-23H2. The van der Waals surface area contributed by atoms with E-state index in [0.29, 0.717) is 5.41 Å². The van der Waals surface area contributed by atoms with Crippen LogP contribution in [0.3, 0.4) is 0 Å². The van der Waals surface area contributed by atoms with Crippen LogP contribution in [-0.2, 0) is 5.41 Å². The molecule has 0 N–H and O–H groups in total. The number of benzene rings is 5. The number of rotatable bonds is 2. The second kappa shape index (κ2) is 7.58. The monoisotopic (exact) mass is 538 g/mol. The molecular weight excluding hydrogens is 507 g/mol. The van der Waals surface area contributed by atoms with Gasteiger partial charge in [-0.3, -0.25) is 0 Å². The molecule has 2 atom stereocenters. The van der Waals surface area contributed by atoms with Gasteiger partial charge in [-0.1, -0.05) is 72.8 Å². The van der Waals surface area contributed by atoms with Crippen LogP contribution in [0.15, 0.2) is 109 Å². The third-order valence-corrected chi connectivity index (χ3v) is 12.0. The summed E-state index contributed by atoms with van der Waals surface area (Å²) in [6.45, 7) is 0.217. The summed E-state index contributed by atoms with van der Waals surface area (Å²) in [5.74, 6) is 2.80. The van der Waals surface area contributed by atoms with E-state index in [0.717, 1.165) is 17.8 Å². The van der Waals surface area contributed by atoms with E-state index in [4.69, 9.17) is 0 Å². The van der Waals surface area contributed by atoms with Crippen LogP contribution in [0.25, 0.3) is 27.5 Å². The Morgan fingerprint density at radius 1 is 0.619 bits per heavy atom. The third-order valence-electron chi connectivity index (χ3n) is 12.0. The second-order valence-electron chi connectivity index (χ2n) is 13.9. The predicted molar refractivity (Wildman–Crippen MR) is 175 cm³/mol. The number of hydrogen-bond acceptors (Lipinski definition) is 1. The van der Waals surface area contributed by atoms with E-state index < -0.39 is 0 Å². The molecule has 2 aliphatic heterocycles. The van der Waals surface area contributed by atoms with Gasteiger partial charge in [-0.05, 0) is 114 Å². The van der Waals surface area contributed by atoms with Gasteiger partial charge in [0.2, 0.25) is 0 Å². The van der Waals surface area contributed by atoms with Crippen molar-refractivity contribution < 1.29 is 0 Å². The fourth-order valence-corrected chi connectivity index (χ4v) is 10.7. The molecule has 0 amide bonds. The molecule has 6 aliphatic rings. The summed E-state index contributed by atoms with van der Waals surface area (Å²) in [4.78, 5) is 2.58. The molecular formula is C39H31BN2. The minimum absolute atomic E-state index is 0.217.